The normalized spacial score (nSPS) is 16.0. The fraction of sp³-hybridized carbons (Fsp3) is 0.381. The van der Waals surface area contributed by atoms with E-state index in [1.165, 1.54) is 32.0 Å². The van der Waals surface area contributed by atoms with Crippen molar-refractivity contribution >= 4 is 28.9 Å². The largest absolute Gasteiger partial charge is 0.508 e. The molecule has 1 amide bonds. The smallest absolute Gasteiger partial charge is 0.418 e. The van der Waals surface area contributed by atoms with Crippen LogP contribution in [0.5, 0.6) is 5.75 Å². The van der Waals surface area contributed by atoms with E-state index in [2.05, 4.69) is 10.6 Å². The first-order valence-corrected chi connectivity index (χ1v) is 9.64. The molecule has 0 bridgehead atoms. The number of halogens is 4. The van der Waals surface area contributed by atoms with Crippen LogP contribution in [-0.2, 0) is 16.6 Å². The number of rotatable bonds is 6. The molecule has 0 fully saturated rings. The number of aromatic hydroxyl groups is 1. The van der Waals surface area contributed by atoms with Crippen molar-refractivity contribution < 1.29 is 28.2 Å². The molecule has 1 atom stereocenters. The van der Waals surface area contributed by atoms with E-state index in [1.807, 2.05) is 0 Å². The van der Waals surface area contributed by atoms with Gasteiger partial charge in [0.2, 0.25) is 5.91 Å². The third kappa shape index (κ3) is 4.34. The van der Waals surface area contributed by atoms with Gasteiger partial charge in [0.05, 0.1) is 13.0 Å². The van der Waals surface area contributed by atoms with E-state index in [0.29, 0.717) is 16.9 Å². The number of carbonyl (C=O) groups is 1. The zero-order valence-corrected chi connectivity index (χ0v) is 17.2. The molecule has 0 saturated heterocycles. The summed E-state index contributed by atoms with van der Waals surface area (Å²) in [5, 5.41) is 26.4. The predicted octanol–water partition coefficient (Wildman–Crippen LogP) is 4.61. The lowest BCUT2D eigenvalue weighted by molar-refractivity contribution is -0.260. The minimum Gasteiger partial charge on any atom is -0.508 e. The number of benzene rings is 2. The standard InChI is InChI=1S/C21H22ClF3N2O3/c1-19(2,14-7-6-12(22)8-17(14)28)10-20(30,21(23,24)25)11-26-15-4-3-5-16-13(15)9-18(29)27-16/h3-8,26,28,30H,9-11H2,1-2H3,(H,27,29). The van der Waals surface area contributed by atoms with Gasteiger partial charge >= 0.3 is 6.18 Å². The van der Waals surface area contributed by atoms with Crippen LogP contribution >= 0.6 is 11.6 Å². The van der Waals surface area contributed by atoms with Crippen LogP contribution in [0.2, 0.25) is 5.02 Å². The fourth-order valence-electron chi connectivity index (χ4n) is 3.82. The van der Waals surface area contributed by atoms with Gasteiger partial charge in [-0.15, -0.1) is 0 Å². The minimum absolute atomic E-state index is 0.0487. The number of phenols is 1. The highest BCUT2D eigenvalue weighted by Gasteiger charge is 2.56. The molecule has 9 heteroatoms. The number of anilines is 2. The molecule has 5 nitrogen and oxygen atoms in total. The van der Waals surface area contributed by atoms with E-state index in [4.69, 9.17) is 11.6 Å². The van der Waals surface area contributed by atoms with Gasteiger partial charge in [0, 0.05) is 22.0 Å². The summed E-state index contributed by atoms with van der Waals surface area (Å²) < 4.78 is 41.7. The summed E-state index contributed by atoms with van der Waals surface area (Å²) in [5.41, 5.74) is -2.64. The molecule has 0 spiro atoms. The first-order chi connectivity index (χ1) is 13.8. The van der Waals surface area contributed by atoms with Crippen LogP contribution in [0.1, 0.15) is 31.4 Å². The lowest BCUT2D eigenvalue weighted by Gasteiger charge is -2.38. The summed E-state index contributed by atoms with van der Waals surface area (Å²) in [6.45, 7) is 2.20. The number of carbonyl (C=O) groups excluding carboxylic acids is 1. The second kappa shape index (κ2) is 7.67. The molecule has 0 saturated carbocycles. The molecule has 3 rings (SSSR count). The zero-order valence-electron chi connectivity index (χ0n) is 16.4. The lowest BCUT2D eigenvalue weighted by Crippen LogP contribution is -2.53. The quantitative estimate of drug-likeness (QED) is 0.526. The highest BCUT2D eigenvalue weighted by molar-refractivity contribution is 6.30. The average molecular weight is 443 g/mol. The summed E-state index contributed by atoms with van der Waals surface area (Å²) in [6, 6.07) is 9.00. The monoisotopic (exact) mass is 442 g/mol. The van der Waals surface area contributed by atoms with Crippen molar-refractivity contribution in [3.63, 3.8) is 0 Å². The number of alkyl halides is 3. The van der Waals surface area contributed by atoms with Crippen molar-refractivity contribution in [3.05, 3.63) is 52.5 Å². The van der Waals surface area contributed by atoms with Gasteiger partial charge in [-0.05, 0) is 41.7 Å². The summed E-state index contributed by atoms with van der Waals surface area (Å²) in [7, 11) is 0. The van der Waals surface area contributed by atoms with E-state index >= 15 is 0 Å². The molecule has 30 heavy (non-hydrogen) atoms. The highest BCUT2D eigenvalue weighted by atomic mass is 35.5. The van der Waals surface area contributed by atoms with Gasteiger partial charge in [-0.25, -0.2) is 0 Å². The van der Waals surface area contributed by atoms with Crippen LogP contribution in [0, 0.1) is 0 Å². The molecule has 2 aromatic carbocycles. The predicted molar refractivity (Wildman–Crippen MR) is 109 cm³/mol. The van der Waals surface area contributed by atoms with Gasteiger partial charge < -0.3 is 20.8 Å². The van der Waals surface area contributed by atoms with Crippen LogP contribution in [-0.4, -0.2) is 34.4 Å². The van der Waals surface area contributed by atoms with Gasteiger partial charge in [-0.1, -0.05) is 37.6 Å². The lowest BCUT2D eigenvalue weighted by atomic mass is 9.74. The number of fused-ring (bicyclic) bond motifs is 1. The number of amides is 1. The number of aliphatic hydroxyl groups is 1. The van der Waals surface area contributed by atoms with Crippen molar-refractivity contribution in [2.75, 3.05) is 17.2 Å². The van der Waals surface area contributed by atoms with Crippen LogP contribution < -0.4 is 10.6 Å². The van der Waals surface area contributed by atoms with Crippen LogP contribution in [0.3, 0.4) is 0 Å². The molecule has 1 aliphatic rings. The Morgan fingerprint density at radius 2 is 1.90 bits per heavy atom. The van der Waals surface area contributed by atoms with E-state index in [1.54, 1.807) is 18.2 Å². The molecule has 162 valence electrons. The number of phenolic OH excluding ortho intramolecular Hbond substituents is 1. The van der Waals surface area contributed by atoms with Crippen molar-refractivity contribution in [3.8, 4) is 5.75 Å². The van der Waals surface area contributed by atoms with E-state index < -0.39 is 30.2 Å². The van der Waals surface area contributed by atoms with E-state index in [-0.39, 0.29) is 28.7 Å². The summed E-state index contributed by atoms with van der Waals surface area (Å²) in [6.07, 6.45) is -5.60. The van der Waals surface area contributed by atoms with Crippen molar-refractivity contribution in [1.29, 1.82) is 0 Å². The summed E-state index contributed by atoms with van der Waals surface area (Å²) in [5.74, 6) is -0.486. The van der Waals surface area contributed by atoms with Crippen LogP contribution in [0.15, 0.2) is 36.4 Å². The Hall–Kier alpha value is -2.45. The third-order valence-electron chi connectivity index (χ3n) is 5.31. The van der Waals surface area contributed by atoms with Crippen LogP contribution in [0.4, 0.5) is 24.5 Å². The van der Waals surface area contributed by atoms with Gasteiger partial charge in [0.25, 0.3) is 0 Å². The van der Waals surface area contributed by atoms with Gasteiger partial charge in [-0.3, -0.25) is 4.79 Å². The van der Waals surface area contributed by atoms with Crippen molar-refractivity contribution in [2.24, 2.45) is 0 Å². The van der Waals surface area contributed by atoms with Crippen LogP contribution in [0.25, 0.3) is 0 Å². The molecule has 1 unspecified atom stereocenters. The first kappa shape index (κ1) is 22.2. The van der Waals surface area contributed by atoms with Gasteiger partial charge in [-0.2, -0.15) is 13.2 Å². The Bertz CT molecular complexity index is 978. The Morgan fingerprint density at radius 3 is 2.53 bits per heavy atom. The summed E-state index contributed by atoms with van der Waals surface area (Å²) >= 11 is 5.82. The second-order valence-electron chi connectivity index (χ2n) is 8.16. The number of hydrogen-bond acceptors (Lipinski definition) is 4. The van der Waals surface area contributed by atoms with Crippen molar-refractivity contribution in [2.45, 2.75) is 43.9 Å². The molecule has 1 aliphatic heterocycles. The van der Waals surface area contributed by atoms with E-state index in [0.717, 1.165) is 0 Å². The zero-order chi connectivity index (χ0) is 22.3. The maximum absolute atomic E-state index is 13.9. The number of nitrogens with one attached hydrogen (secondary N) is 2. The maximum atomic E-state index is 13.9. The second-order valence-corrected chi connectivity index (χ2v) is 8.60. The third-order valence-corrected chi connectivity index (χ3v) is 5.54. The minimum atomic E-state index is -4.94. The molecule has 0 radical (unpaired) electrons. The Labute approximate surface area is 176 Å². The van der Waals surface area contributed by atoms with Crippen molar-refractivity contribution in [1.82, 2.24) is 0 Å². The molecule has 0 aliphatic carbocycles. The Kier molecular flexibility index (Phi) is 5.68. The first-order valence-electron chi connectivity index (χ1n) is 9.26. The number of hydrogen-bond donors (Lipinski definition) is 4. The Morgan fingerprint density at radius 1 is 1.20 bits per heavy atom. The molecular formula is C21H22ClF3N2O3. The molecule has 1 heterocycles. The summed E-state index contributed by atoms with van der Waals surface area (Å²) in [4.78, 5) is 11.6. The van der Waals surface area contributed by atoms with Gasteiger partial charge in [0.1, 0.15) is 5.75 Å². The molecule has 2 aromatic rings. The molecule has 0 aromatic heterocycles. The SMILES string of the molecule is CC(C)(CC(O)(CNc1cccc2c1CC(=O)N2)C(F)(F)F)c1ccc(Cl)cc1O. The molecule has 4 N–H and O–H groups in total. The fourth-order valence-corrected chi connectivity index (χ4v) is 3.99. The average Bonchev–Trinajstić information content (AvgIpc) is 2.99. The topological polar surface area (TPSA) is 81.6 Å². The Balaban J connectivity index is 1.87. The maximum Gasteiger partial charge on any atom is 0.418 e. The highest BCUT2D eigenvalue weighted by Crippen LogP contribution is 2.44. The molecular weight excluding hydrogens is 421 g/mol. The van der Waals surface area contributed by atoms with E-state index in [9.17, 15) is 28.2 Å². The van der Waals surface area contributed by atoms with Gasteiger partial charge in [0.15, 0.2) is 5.60 Å².